The second-order valence-electron chi connectivity index (χ2n) is 6.15. The first kappa shape index (κ1) is 15.0. The number of carboxylic acids is 1. The summed E-state index contributed by atoms with van der Waals surface area (Å²) in [6.45, 7) is 5.72. The van der Waals surface area contributed by atoms with E-state index in [0.717, 1.165) is 31.5 Å². The normalized spacial score (nSPS) is 20.1. The van der Waals surface area contributed by atoms with E-state index in [1.807, 2.05) is 32.0 Å². The third-order valence-corrected chi connectivity index (χ3v) is 4.40. The maximum absolute atomic E-state index is 11.9. The lowest BCUT2D eigenvalue weighted by molar-refractivity contribution is -0.150. The molecule has 1 aliphatic heterocycles. The molecule has 1 atom stereocenters. The van der Waals surface area contributed by atoms with Gasteiger partial charge in [-0.1, -0.05) is 42.7 Å². The molecule has 0 saturated carbocycles. The molecule has 110 valence electrons. The zero-order valence-corrected chi connectivity index (χ0v) is 12.6. The monoisotopic (exact) mass is 275 g/mol. The zero-order chi connectivity index (χ0) is 14.6. The molecule has 1 N–H and O–H groups in total. The van der Waals surface area contributed by atoms with Gasteiger partial charge in [0.2, 0.25) is 0 Å². The molecule has 0 spiro atoms. The first-order valence-electron chi connectivity index (χ1n) is 7.56. The van der Waals surface area contributed by atoms with Crippen molar-refractivity contribution in [3.63, 3.8) is 0 Å². The molecule has 1 aromatic carbocycles. The van der Waals surface area contributed by atoms with Crippen LogP contribution < -0.4 is 0 Å². The molecule has 1 fully saturated rings. The maximum atomic E-state index is 11.9. The SMILES string of the molecule is Cc1cccc(CC(C)(C(=O)O)N2CCCCCC2)c1. The fraction of sp³-hybridized carbons (Fsp3) is 0.588. The lowest BCUT2D eigenvalue weighted by Crippen LogP contribution is -2.54. The van der Waals surface area contributed by atoms with E-state index in [0.29, 0.717) is 6.42 Å². The van der Waals surface area contributed by atoms with Crippen molar-refractivity contribution in [2.75, 3.05) is 13.1 Å². The fourth-order valence-electron chi connectivity index (χ4n) is 3.11. The summed E-state index contributed by atoms with van der Waals surface area (Å²) >= 11 is 0. The van der Waals surface area contributed by atoms with Crippen molar-refractivity contribution < 1.29 is 9.90 Å². The molecule has 1 aliphatic rings. The lowest BCUT2D eigenvalue weighted by atomic mass is 9.90. The molecular weight excluding hydrogens is 250 g/mol. The molecule has 0 amide bonds. The van der Waals surface area contributed by atoms with Gasteiger partial charge in [-0.15, -0.1) is 0 Å². The molecule has 3 nitrogen and oxygen atoms in total. The fourth-order valence-corrected chi connectivity index (χ4v) is 3.11. The summed E-state index contributed by atoms with van der Waals surface area (Å²) in [5.74, 6) is -0.707. The van der Waals surface area contributed by atoms with Gasteiger partial charge in [0.25, 0.3) is 0 Å². The van der Waals surface area contributed by atoms with Crippen molar-refractivity contribution >= 4 is 5.97 Å². The predicted octanol–water partition coefficient (Wildman–Crippen LogP) is 3.26. The average molecular weight is 275 g/mol. The second-order valence-corrected chi connectivity index (χ2v) is 6.15. The molecule has 0 radical (unpaired) electrons. The summed E-state index contributed by atoms with van der Waals surface area (Å²) < 4.78 is 0. The van der Waals surface area contributed by atoms with Gasteiger partial charge in [0, 0.05) is 6.42 Å². The largest absolute Gasteiger partial charge is 0.480 e. The Balaban J connectivity index is 2.22. The third-order valence-electron chi connectivity index (χ3n) is 4.40. The van der Waals surface area contributed by atoms with Crippen LogP contribution in [0, 0.1) is 6.92 Å². The van der Waals surface area contributed by atoms with Gasteiger partial charge in [0.15, 0.2) is 0 Å². The van der Waals surface area contributed by atoms with Crippen LogP contribution in [0.15, 0.2) is 24.3 Å². The Morgan fingerprint density at radius 2 is 1.90 bits per heavy atom. The Morgan fingerprint density at radius 1 is 1.25 bits per heavy atom. The number of nitrogens with zero attached hydrogens (tertiary/aromatic N) is 1. The molecule has 2 rings (SSSR count). The van der Waals surface area contributed by atoms with E-state index in [9.17, 15) is 9.90 Å². The topological polar surface area (TPSA) is 40.5 Å². The quantitative estimate of drug-likeness (QED) is 0.917. The van der Waals surface area contributed by atoms with Crippen LogP contribution in [-0.4, -0.2) is 34.6 Å². The van der Waals surface area contributed by atoms with Crippen molar-refractivity contribution in [2.45, 2.75) is 51.5 Å². The van der Waals surface area contributed by atoms with Crippen molar-refractivity contribution in [1.82, 2.24) is 4.90 Å². The minimum absolute atomic E-state index is 0.573. The van der Waals surface area contributed by atoms with Gasteiger partial charge in [-0.3, -0.25) is 9.69 Å². The number of likely N-dealkylation sites (tertiary alicyclic amines) is 1. The summed E-state index contributed by atoms with van der Waals surface area (Å²) in [5, 5.41) is 9.77. The van der Waals surface area contributed by atoms with Crippen LogP contribution in [0.1, 0.15) is 43.7 Å². The van der Waals surface area contributed by atoms with Gasteiger partial charge in [0.1, 0.15) is 5.54 Å². The van der Waals surface area contributed by atoms with Crippen molar-refractivity contribution in [1.29, 1.82) is 0 Å². The Labute approximate surface area is 121 Å². The summed E-state index contributed by atoms with van der Waals surface area (Å²) in [6.07, 6.45) is 5.23. The van der Waals surface area contributed by atoms with Crippen LogP contribution in [0.2, 0.25) is 0 Å². The van der Waals surface area contributed by atoms with Gasteiger partial charge in [-0.25, -0.2) is 0 Å². The second kappa shape index (κ2) is 6.40. The number of hydrogen-bond acceptors (Lipinski definition) is 2. The highest BCUT2D eigenvalue weighted by Gasteiger charge is 2.39. The van der Waals surface area contributed by atoms with Crippen molar-refractivity contribution in [3.05, 3.63) is 35.4 Å². The van der Waals surface area contributed by atoms with Crippen LogP contribution in [0.3, 0.4) is 0 Å². The highest BCUT2D eigenvalue weighted by molar-refractivity contribution is 5.78. The van der Waals surface area contributed by atoms with E-state index >= 15 is 0 Å². The van der Waals surface area contributed by atoms with E-state index in [-0.39, 0.29) is 0 Å². The first-order chi connectivity index (χ1) is 9.52. The molecule has 0 aromatic heterocycles. The number of carbonyl (C=O) groups is 1. The number of benzene rings is 1. The molecule has 1 heterocycles. The molecule has 1 aromatic rings. The Kier molecular flexibility index (Phi) is 4.81. The highest BCUT2D eigenvalue weighted by atomic mass is 16.4. The van der Waals surface area contributed by atoms with Crippen LogP contribution >= 0.6 is 0 Å². The van der Waals surface area contributed by atoms with E-state index in [2.05, 4.69) is 11.0 Å². The van der Waals surface area contributed by atoms with Crippen LogP contribution in [0.5, 0.6) is 0 Å². The summed E-state index contributed by atoms with van der Waals surface area (Å²) in [6, 6.07) is 8.19. The predicted molar refractivity (Wildman–Crippen MR) is 81.0 cm³/mol. The minimum Gasteiger partial charge on any atom is -0.480 e. The van der Waals surface area contributed by atoms with E-state index in [1.165, 1.54) is 18.4 Å². The minimum atomic E-state index is -0.794. The number of rotatable bonds is 4. The summed E-state index contributed by atoms with van der Waals surface area (Å²) in [5.41, 5.74) is 1.50. The van der Waals surface area contributed by atoms with E-state index < -0.39 is 11.5 Å². The standard InChI is InChI=1S/C17H25NO2/c1-14-8-7-9-15(12-14)13-17(2,16(19)20)18-10-5-3-4-6-11-18/h7-9,12H,3-6,10-11,13H2,1-2H3,(H,19,20). The Bertz CT molecular complexity index is 464. The molecule has 3 heteroatoms. The highest BCUT2D eigenvalue weighted by Crippen LogP contribution is 2.25. The zero-order valence-electron chi connectivity index (χ0n) is 12.6. The van der Waals surface area contributed by atoms with Crippen molar-refractivity contribution in [2.24, 2.45) is 0 Å². The van der Waals surface area contributed by atoms with Crippen LogP contribution in [0.4, 0.5) is 0 Å². The van der Waals surface area contributed by atoms with E-state index in [4.69, 9.17) is 0 Å². The number of hydrogen-bond donors (Lipinski definition) is 1. The number of carboxylic acid groups (broad SMARTS) is 1. The van der Waals surface area contributed by atoms with Gasteiger partial charge in [-0.2, -0.15) is 0 Å². The van der Waals surface area contributed by atoms with Gasteiger partial charge < -0.3 is 5.11 Å². The van der Waals surface area contributed by atoms with Gasteiger partial charge in [0.05, 0.1) is 0 Å². The molecule has 0 bridgehead atoms. The molecule has 1 saturated heterocycles. The van der Waals surface area contributed by atoms with E-state index in [1.54, 1.807) is 0 Å². The molecular formula is C17H25NO2. The molecule has 20 heavy (non-hydrogen) atoms. The first-order valence-corrected chi connectivity index (χ1v) is 7.56. The summed E-state index contributed by atoms with van der Waals surface area (Å²) in [4.78, 5) is 14.1. The van der Waals surface area contributed by atoms with Crippen LogP contribution in [0.25, 0.3) is 0 Å². The Hall–Kier alpha value is -1.35. The van der Waals surface area contributed by atoms with Gasteiger partial charge in [-0.05, 0) is 45.3 Å². The van der Waals surface area contributed by atoms with Gasteiger partial charge >= 0.3 is 5.97 Å². The molecule has 1 unspecified atom stereocenters. The lowest BCUT2D eigenvalue weighted by Gasteiger charge is -2.37. The summed E-state index contributed by atoms with van der Waals surface area (Å²) in [7, 11) is 0. The third kappa shape index (κ3) is 3.40. The molecule has 0 aliphatic carbocycles. The van der Waals surface area contributed by atoms with Crippen LogP contribution in [-0.2, 0) is 11.2 Å². The average Bonchev–Trinajstić information content (AvgIpc) is 2.67. The maximum Gasteiger partial charge on any atom is 0.324 e. The van der Waals surface area contributed by atoms with Crippen molar-refractivity contribution in [3.8, 4) is 0 Å². The Morgan fingerprint density at radius 3 is 2.45 bits per heavy atom. The number of aryl methyl sites for hydroxylation is 1. The smallest absolute Gasteiger partial charge is 0.324 e. The number of aliphatic carboxylic acids is 1.